The van der Waals surface area contributed by atoms with Gasteiger partial charge in [0.25, 0.3) is 0 Å². The summed E-state index contributed by atoms with van der Waals surface area (Å²) < 4.78 is 36.2. The molecule has 0 spiro atoms. The second kappa shape index (κ2) is 28.6. The molecule has 0 aliphatic carbocycles. The van der Waals surface area contributed by atoms with E-state index in [4.69, 9.17) is 18.6 Å². The fourth-order valence-electron chi connectivity index (χ4n) is 4.97. The molecule has 16 nitrogen and oxygen atoms in total. The maximum atomic E-state index is 10.9. The summed E-state index contributed by atoms with van der Waals surface area (Å²) >= 11 is 0. The standard InChI is InChI=1S/6C7H10NO.ClH3O4.Cr/c6*1-6-4-3-5-7(2)8(6)9;2-1(3,4)5;/h6*3-6H,1-2H3;2-4H;/q6*+1;;+3. The second-order valence-electron chi connectivity index (χ2n) is 14.0. The summed E-state index contributed by atoms with van der Waals surface area (Å²) in [5, 5.41) is 0. The van der Waals surface area contributed by atoms with Crippen molar-refractivity contribution in [2.75, 3.05) is 0 Å². The molecule has 325 valence electrons. The van der Waals surface area contributed by atoms with Gasteiger partial charge in [0.05, 0.1) is 0 Å². The zero-order valence-electron chi connectivity index (χ0n) is 36.5. The third-order valence-corrected chi connectivity index (χ3v) is 8.67. The van der Waals surface area contributed by atoms with Gasteiger partial charge in [0.2, 0.25) is 70.4 Å². The van der Waals surface area contributed by atoms with E-state index in [1.165, 1.54) is 0 Å². The molecule has 6 aliphatic rings. The van der Waals surface area contributed by atoms with Gasteiger partial charge in [0, 0.05) is 178 Å². The van der Waals surface area contributed by atoms with E-state index >= 15 is 0 Å². The summed E-state index contributed by atoms with van der Waals surface area (Å²) in [7, 11) is -4.19. The molecule has 6 unspecified atom stereocenters. The number of rotatable bonds is 0. The first-order valence-corrected chi connectivity index (χ1v) is 20.2. The number of hydrogen-bond acceptors (Lipinski definition) is 10. The van der Waals surface area contributed by atoms with E-state index in [-0.39, 0.29) is 53.6 Å². The van der Waals surface area contributed by atoms with Crippen molar-refractivity contribution < 1.29 is 74.8 Å². The Kier molecular flexibility index (Phi) is 27.3. The molecule has 18 heteroatoms. The first-order chi connectivity index (χ1) is 27.3. The van der Waals surface area contributed by atoms with Crippen LogP contribution in [0.2, 0.25) is 0 Å². The third-order valence-electron chi connectivity index (χ3n) is 8.67. The Hall–Kier alpha value is -4.86. The van der Waals surface area contributed by atoms with E-state index in [0.717, 1.165) is 62.7 Å². The van der Waals surface area contributed by atoms with Crippen molar-refractivity contribution in [2.45, 2.75) is 119 Å². The molecule has 0 saturated carbocycles. The van der Waals surface area contributed by atoms with Gasteiger partial charge >= 0.3 is 46.2 Å². The predicted octanol–water partition coefficient (Wildman–Crippen LogP) is 6.90. The molecule has 3 N–H and O–H groups in total. The van der Waals surface area contributed by atoms with Crippen molar-refractivity contribution in [2.24, 2.45) is 0 Å². The van der Waals surface area contributed by atoms with Crippen molar-refractivity contribution >= 4 is 0 Å². The Morgan fingerprint density at radius 3 is 0.533 bits per heavy atom. The Morgan fingerprint density at radius 1 is 0.367 bits per heavy atom. The van der Waals surface area contributed by atoms with E-state index in [9.17, 15) is 29.4 Å². The van der Waals surface area contributed by atoms with Gasteiger partial charge in [-0.2, -0.15) is 0 Å². The Labute approximate surface area is 365 Å². The van der Waals surface area contributed by atoms with Gasteiger partial charge in [0.15, 0.2) is 0 Å². The van der Waals surface area contributed by atoms with Crippen molar-refractivity contribution in [3.8, 4) is 0 Å². The molecule has 0 aromatic heterocycles. The van der Waals surface area contributed by atoms with Gasteiger partial charge in [-0.1, -0.05) is 36.5 Å². The SMILES string of the molecule is CC1=CC=CC(C)[N+]1=O.CC1=CC=CC(C)[N+]1=O.CC1=CC=CC(C)[N+]1=O.CC1=CC=CC(C)[N+]1=O.CC1=CC=CC(C)[N+]1=O.CC1=CC=CC(C)[N+]1=O.[Cr+3].[O-][Cl+](O)(O)O. The van der Waals surface area contributed by atoms with E-state index < -0.39 is 10.2 Å². The Morgan fingerprint density at radius 2 is 0.467 bits per heavy atom. The second-order valence-corrected chi connectivity index (χ2v) is 14.9. The fraction of sp³-hybridized carbons (Fsp3) is 0.429. The molecule has 6 atom stereocenters. The van der Waals surface area contributed by atoms with E-state index in [1.807, 2.05) is 192 Å². The molecule has 1 radical (unpaired) electrons. The minimum absolute atomic E-state index is 0. The van der Waals surface area contributed by atoms with Crippen molar-refractivity contribution in [3.63, 3.8) is 0 Å². The fourth-order valence-corrected chi connectivity index (χ4v) is 4.97. The summed E-state index contributed by atoms with van der Waals surface area (Å²) in [6.07, 6.45) is 33.6. The molecular weight excluding hydrogens is 836 g/mol. The molecule has 0 fully saturated rings. The molecule has 0 aromatic rings. The normalized spacial score (nSPS) is 24.9. The van der Waals surface area contributed by atoms with E-state index in [2.05, 4.69) is 0 Å². The Balaban J connectivity index is 0. The van der Waals surface area contributed by atoms with Crippen molar-refractivity contribution in [1.29, 1.82) is 0 Å². The number of nitroso groups, excluding NO2 is 6. The van der Waals surface area contributed by atoms with Crippen LogP contribution in [-0.2, 0) is 17.4 Å². The minimum atomic E-state index is -4.19. The van der Waals surface area contributed by atoms with Crippen LogP contribution in [0.1, 0.15) is 83.1 Å². The van der Waals surface area contributed by atoms with E-state index in [1.54, 1.807) is 0 Å². The van der Waals surface area contributed by atoms with Crippen LogP contribution in [0, 0.1) is 39.7 Å². The summed E-state index contributed by atoms with van der Waals surface area (Å²) in [6.45, 7) is 22.1. The number of hydrogen-bond donors (Lipinski definition) is 3. The van der Waals surface area contributed by atoms with Crippen LogP contribution in [0.5, 0.6) is 0 Å². The quantitative estimate of drug-likeness (QED) is 0.215. The summed E-state index contributed by atoms with van der Waals surface area (Å²) in [5.74, 6) is 0. The zero-order valence-corrected chi connectivity index (χ0v) is 38.6. The molecule has 6 rings (SSSR count). The van der Waals surface area contributed by atoms with Gasteiger partial charge in [-0.05, 0) is 36.5 Å². The topological polar surface area (TPSA) is 204 Å². The van der Waals surface area contributed by atoms with Gasteiger partial charge in [-0.25, -0.2) is 0 Å². The van der Waals surface area contributed by atoms with Gasteiger partial charge in [-0.15, -0.1) is 0 Å². The first kappa shape index (κ1) is 57.2. The average molecular weight is 899 g/mol. The van der Waals surface area contributed by atoms with Crippen molar-refractivity contribution in [3.05, 3.63) is 173 Å². The summed E-state index contributed by atoms with van der Waals surface area (Å²) in [6, 6.07) is 0.0556. The Bertz CT molecular complexity index is 1600. The molecule has 0 saturated heterocycles. The summed E-state index contributed by atoms with van der Waals surface area (Å²) in [5.41, 5.74) is 4.69. The van der Waals surface area contributed by atoms with Crippen LogP contribution in [0.25, 0.3) is 0 Å². The molecule has 6 heterocycles. The zero-order chi connectivity index (χ0) is 45.6. The molecule has 0 bridgehead atoms. The van der Waals surface area contributed by atoms with Crippen LogP contribution in [0.4, 0.5) is 0 Å². The van der Waals surface area contributed by atoms with Crippen LogP contribution >= 0.6 is 0 Å². The molecule has 6 aliphatic heterocycles. The number of halogens is 1. The molecular formula is C42H63ClCrN6O10+9. The molecule has 0 amide bonds. The third kappa shape index (κ3) is 23.1. The maximum absolute atomic E-state index is 10.9. The van der Waals surface area contributed by atoms with Crippen molar-refractivity contribution in [1.82, 2.24) is 0 Å². The van der Waals surface area contributed by atoms with Crippen LogP contribution in [0.15, 0.2) is 144 Å². The van der Waals surface area contributed by atoms with Gasteiger partial charge < -0.3 is 0 Å². The van der Waals surface area contributed by atoms with Gasteiger partial charge in [-0.3, -0.25) is 0 Å². The van der Waals surface area contributed by atoms with E-state index in [0.29, 0.717) is 0 Å². The summed E-state index contributed by atoms with van der Waals surface area (Å²) in [4.78, 5) is 65.5. The first-order valence-electron chi connectivity index (χ1n) is 18.8. The number of nitrogens with zero attached hydrogens (tertiary/aromatic N) is 6. The number of allylic oxidation sites excluding steroid dienone is 18. The van der Waals surface area contributed by atoms with Crippen LogP contribution in [0.3, 0.4) is 0 Å². The van der Waals surface area contributed by atoms with Crippen LogP contribution < -0.4 is 4.66 Å². The average Bonchev–Trinajstić information content (AvgIpc) is 3.16. The molecule has 60 heavy (non-hydrogen) atoms. The molecule has 0 aromatic carbocycles. The van der Waals surface area contributed by atoms with Crippen LogP contribution in [-0.4, -0.2) is 78.8 Å². The predicted molar refractivity (Wildman–Crippen MR) is 223 cm³/mol. The monoisotopic (exact) mass is 898 g/mol. The van der Waals surface area contributed by atoms with Gasteiger partial charge in [0.1, 0.15) is 0 Å².